The van der Waals surface area contributed by atoms with Crippen LogP contribution in [0.5, 0.6) is 5.75 Å². The summed E-state index contributed by atoms with van der Waals surface area (Å²) in [7, 11) is 0. The molecule has 6 heteroatoms. The summed E-state index contributed by atoms with van der Waals surface area (Å²) in [4.78, 5) is 22.5. The van der Waals surface area contributed by atoms with Gasteiger partial charge in [-0.25, -0.2) is 4.79 Å². The molecule has 3 N–H and O–H groups in total. The van der Waals surface area contributed by atoms with Gasteiger partial charge in [0.05, 0.1) is 0 Å². The Hall–Kier alpha value is -1.53. The lowest BCUT2D eigenvalue weighted by Gasteiger charge is -2.11. The normalized spacial score (nSPS) is 11.7. The standard InChI is InChI=1S/C13H18N2O3S/c1-9(16)15-10-3-5-11(6-4-10)18-13(17)12(14)7-8-19-2/h3-6,12H,7-8,14H2,1-2H3,(H,15,16). The molecule has 5 nitrogen and oxygen atoms in total. The Kier molecular flexibility index (Phi) is 6.38. The second-order valence-electron chi connectivity index (χ2n) is 4.01. The maximum atomic E-state index is 11.7. The number of rotatable bonds is 6. The summed E-state index contributed by atoms with van der Waals surface area (Å²) in [6.07, 6.45) is 2.54. The lowest BCUT2D eigenvalue weighted by Crippen LogP contribution is -2.34. The number of nitrogens with two attached hydrogens (primary N) is 1. The molecule has 1 aromatic carbocycles. The molecular weight excluding hydrogens is 264 g/mol. The highest BCUT2D eigenvalue weighted by Gasteiger charge is 2.15. The molecule has 1 aromatic rings. The third kappa shape index (κ3) is 5.76. The number of esters is 1. The highest BCUT2D eigenvalue weighted by Crippen LogP contribution is 2.16. The van der Waals surface area contributed by atoms with E-state index in [1.807, 2.05) is 6.26 Å². The molecule has 0 heterocycles. The average molecular weight is 282 g/mol. The number of benzene rings is 1. The minimum atomic E-state index is -0.609. The van der Waals surface area contributed by atoms with E-state index in [0.717, 1.165) is 5.75 Å². The average Bonchev–Trinajstić information content (AvgIpc) is 2.37. The summed E-state index contributed by atoms with van der Waals surface area (Å²) in [5.41, 5.74) is 6.35. The van der Waals surface area contributed by atoms with Crippen LogP contribution in [0.1, 0.15) is 13.3 Å². The van der Waals surface area contributed by atoms with E-state index in [2.05, 4.69) is 5.32 Å². The van der Waals surface area contributed by atoms with Crippen LogP contribution in [0.15, 0.2) is 24.3 Å². The third-order valence-corrected chi connectivity index (χ3v) is 2.97. The zero-order chi connectivity index (χ0) is 14.3. The largest absolute Gasteiger partial charge is 0.425 e. The first-order valence-corrected chi connectivity index (χ1v) is 7.26. The van der Waals surface area contributed by atoms with E-state index >= 15 is 0 Å². The van der Waals surface area contributed by atoms with Crippen molar-refractivity contribution in [2.45, 2.75) is 19.4 Å². The Balaban J connectivity index is 2.52. The van der Waals surface area contributed by atoms with E-state index in [4.69, 9.17) is 10.5 Å². The zero-order valence-electron chi connectivity index (χ0n) is 11.0. The molecule has 0 saturated carbocycles. The molecule has 0 aliphatic heterocycles. The van der Waals surface area contributed by atoms with Gasteiger partial charge in [0.1, 0.15) is 11.8 Å². The fourth-order valence-corrected chi connectivity index (χ4v) is 1.85. The van der Waals surface area contributed by atoms with Crippen LogP contribution in [0, 0.1) is 0 Å². The van der Waals surface area contributed by atoms with Gasteiger partial charge in [-0.05, 0) is 42.7 Å². The first kappa shape index (κ1) is 15.5. The zero-order valence-corrected chi connectivity index (χ0v) is 11.8. The van der Waals surface area contributed by atoms with Crippen molar-refractivity contribution in [3.63, 3.8) is 0 Å². The smallest absolute Gasteiger partial charge is 0.328 e. The Morgan fingerprint density at radius 3 is 2.53 bits per heavy atom. The minimum absolute atomic E-state index is 0.149. The minimum Gasteiger partial charge on any atom is -0.425 e. The SMILES string of the molecule is CSCCC(N)C(=O)Oc1ccc(NC(C)=O)cc1. The summed E-state index contributed by atoms with van der Waals surface area (Å²) < 4.78 is 5.15. The molecular formula is C13H18N2O3S. The van der Waals surface area contributed by atoms with Crippen molar-refractivity contribution in [2.24, 2.45) is 5.73 Å². The molecule has 1 unspecified atom stereocenters. The van der Waals surface area contributed by atoms with E-state index in [9.17, 15) is 9.59 Å². The van der Waals surface area contributed by atoms with Crippen molar-refractivity contribution >= 4 is 29.3 Å². The third-order valence-electron chi connectivity index (χ3n) is 2.33. The van der Waals surface area contributed by atoms with Crippen LogP contribution in [-0.2, 0) is 9.59 Å². The van der Waals surface area contributed by atoms with Gasteiger partial charge in [0, 0.05) is 12.6 Å². The van der Waals surface area contributed by atoms with Gasteiger partial charge in [0.25, 0.3) is 0 Å². The van der Waals surface area contributed by atoms with Crippen molar-refractivity contribution in [2.75, 3.05) is 17.3 Å². The molecule has 0 saturated heterocycles. The molecule has 104 valence electrons. The number of carbonyl (C=O) groups excluding carboxylic acids is 2. The van der Waals surface area contributed by atoms with E-state index < -0.39 is 12.0 Å². The summed E-state index contributed by atoms with van der Waals surface area (Å²) in [6.45, 7) is 1.43. The van der Waals surface area contributed by atoms with Gasteiger partial charge >= 0.3 is 5.97 Å². The maximum absolute atomic E-state index is 11.7. The van der Waals surface area contributed by atoms with Crippen molar-refractivity contribution < 1.29 is 14.3 Å². The molecule has 1 amide bonds. The molecule has 0 aliphatic carbocycles. The quantitative estimate of drug-likeness (QED) is 0.612. The monoisotopic (exact) mass is 282 g/mol. The number of ether oxygens (including phenoxy) is 1. The van der Waals surface area contributed by atoms with Gasteiger partial charge in [-0.2, -0.15) is 11.8 Å². The molecule has 0 aromatic heterocycles. The number of hydrogen-bond acceptors (Lipinski definition) is 5. The number of thioether (sulfide) groups is 1. The first-order valence-electron chi connectivity index (χ1n) is 5.87. The highest BCUT2D eigenvalue weighted by atomic mass is 32.2. The maximum Gasteiger partial charge on any atom is 0.328 e. The summed E-state index contributed by atoms with van der Waals surface area (Å²) in [6, 6.07) is 5.95. The number of amides is 1. The fraction of sp³-hybridized carbons (Fsp3) is 0.385. The molecule has 1 atom stereocenters. The van der Waals surface area contributed by atoms with Crippen molar-refractivity contribution in [1.82, 2.24) is 0 Å². The molecule has 0 bridgehead atoms. The predicted octanol–water partition coefficient (Wildman–Crippen LogP) is 1.63. The number of carbonyl (C=O) groups is 2. The number of anilines is 1. The molecule has 19 heavy (non-hydrogen) atoms. The van der Waals surface area contributed by atoms with Gasteiger partial charge in [0.15, 0.2) is 0 Å². The molecule has 1 rings (SSSR count). The van der Waals surface area contributed by atoms with Crippen LogP contribution < -0.4 is 15.8 Å². The lowest BCUT2D eigenvalue weighted by molar-refractivity contribution is -0.135. The Bertz CT molecular complexity index is 434. The van der Waals surface area contributed by atoms with Gasteiger partial charge in [-0.1, -0.05) is 0 Å². The summed E-state index contributed by atoms with van der Waals surface area (Å²) in [5, 5.41) is 2.63. The van der Waals surface area contributed by atoms with Gasteiger partial charge < -0.3 is 15.8 Å². The molecule has 0 spiro atoms. The van der Waals surface area contributed by atoms with Crippen LogP contribution in [0.25, 0.3) is 0 Å². The Labute approximate surface area is 116 Å². The topological polar surface area (TPSA) is 81.4 Å². The second kappa shape index (κ2) is 7.81. The summed E-state index contributed by atoms with van der Waals surface area (Å²) in [5.74, 6) is 0.640. The van der Waals surface area contributed by atoms with Gasteiger partial charge in [-0.3, -0.25) is 4.79 Å². The van der Waals surface area contributed by atoms with E-state index in [0.29, 0.717) is 17.9 Å². The van der Waals surface area contributed by atoms with Crippen molar-refractivity contribution in [1.29, 1.82) is 0 Å². The van der Waals surface area contributed by atoms with Crippen molar-refractivity contribution in [3.8, 4) is 5.75 Å². The summed E-state index contributed by atoms with van der Waals surface area (Å²) >= 11 is 1.63. The number of nitrogens with one attached hydrogen (secondary N) is 1. The van der Waals surface area contributed by atoms with Crippen LogP contribution in [0.2, 0.25) is 0 Å². The first-order chi connectivity index (χ1) is 9.02. The predicted molar refractivity (Wildman–Crippen MR) is 77.4 cm³/mol. The lowest BCUT2D eigenvalue weighted by atomic mass is 10.2. The van der Waals surface area contributed by atoms with Crippen LogP contribution in [0.4, 0.5) is 5.69 Å². The van der Waals surface area contributed by atoms with E-state index in [1.54, 1.807) is 36.0 Å². The van der Waals surface area contributed by atoms with Gasteiger partial charge in [0.2, 0.25) is 5.91 Å². The van der Waals surface area contributed by atoms with Crippen LogP contribution >= 0.6 is 11.8 Å². The fourth-order valence-electron chi connectivity index (χ4n) is 1.36. The van der Waals surface area contributed by atoms with E-state index in [-0.39, 0.29) is 5.91 Å². The highest BCUT2D eigenvalue weighted by molar-refractivity contribution is 7.98. The van der Waals surface area contributed by atoms with Crippen LogP contribution in [0.3, 0.4) is 0 Å². The van der Waals surface area contributed by atoms with Gasteiger partial charge in [-0.15, -0.1) is 0 Å². The van der Waals surface area contributed by atoms with E-state index in [1.165, 1.54) is 6.92 Å². The Morgan fingerprint density at radius 1 is 1.37 bits per heavy atom. The molecule has 0 fully saturated rings. The number of hydrogen-bond donors (Lipinski definition) is 2. The molecule has 0 aliphatic rings. The van der Waals surface area contributed by atoms with Crippen molar-refractivity contribution in [3.05, 3.63) is 24.3 Å². The molecule has 0 radical (unpaired) electrons. The van der Waals surface area contributed by atoms with Crippen LogP contribution in [-0.4, -0.2) is 29.9 Å². The second-order valence-corrected chi connectivity index (χ2v) is 5.00. The Morgan fingerprint density at radius 2 is 2.00 bits per heavy atom.